The van der Waals surface area contributed by atoms with E-state index in [0.29, 0.717) is 0 Å². The van der Waals surface area contributed by atoms with Crippen LogP contribution in [-0.2, 0) is 4.43 Å². The molecule has 2 nitrogen and oxygen atoms in total. The van der Waals surface area contributed by atoms with E-state index in [0.717, 1.165) is 19.4 Å². The first-order valence-corrected chi connectivity index (χ1v) is 8.39. The van der Waals surface area contributed by atoms with Gasteiger partial charge in [-0.3, -0.25) is 0 Å². The summed E-state index contributed by atoms with van der Waals surface area (Å²) in [4.78, 5) is 0. The molecule has 14 heavy (non-hydrogen) atoms. The molecule has 1 atom stereocenters. The van der Waals surface area contributed by atoms with Crippen LogP contribution in [0.4, 0.5) is 0 Å². The maximum absolute atomic E-state index is 9.10. The van der Waals surface area contributed by atoms with Gasteiger partial charge in [0, 0.05) is 6.61 Å². The van der Waals surface area contributed by atoms with Crippen molar-refractivity contribution < 1.29 is 9.53 Å². The molecular formula is C11H26O2Si. The van der Waals surface area contributed by atoms with Crippen LogP contribution in [0.5, 0.6) is 0 Å². The summed E-state index contributed by atoms with van der Waals surface area (Å²) in [6.45, 7) is 13.9. The Morgan fingerprint density at radius 1 is 1.29 bits per heavy atom. The van der Waals surface area contributed by atoms with E-state index in [-0.39, 0.29) is 11.1 Å². The third-order valence-electron chi connectivity index (χ3n) is 3.04. The summed E-state index contributed by atoms with van der Waals surface area (Å²) < 4.78 is 5.97. The van der Waals surface area contributed by atoms with Crippen LogP contribution in [0.3, 0.4) is 0 Å². The van der Waals surface area contributed by atoms with E-state index < -0.39 is 8.32 Å². The highest BCUT2D eigenvalue weighted by molar-refractivity contribution is 6.74. The smallest absolute Gasteiger partial charge is 0.191 e. The molecule has 0 aromatic rings. The van der Waals surface area contributed by atoms with Crippen molar-refractivity contribution in [2.75, 3.05) is 6.61 Å². The number of aliphatic hydroxyl groups excluding tert-OH is 1. The van der Waals surface area contributed by atoms with Crippen LogP contribution < -0.4 is 0 Å². The fourth-order valence-corrected chi connectivity index (χ4v) is 2.01. The van der Waals surface area contributed by atoms with Gasteiger partial charge in [-0.25, -0.2) is 0 Å². The lowest BCUT2D eigenvalue weighted by Gasteiger charge is -2.36. The molecule has 0 bridgehead atoms. The first-order valence-electron chi connectivity index (χ1n) is 5.49. The molecule has 0 rings (SSSR count). The molecule has 0 aliphatic rings. The van der Waals surface area contributed by atoms with Crippen LogP contribution >= 0.6 is 0 Å². The van der Waals surface area contributed by atoms with Crippen LogP contribution in [0.1, 0.15) is 40.5 Å². The van der Waals surface area contributed by atoms with Crippen molar-refractivity contribution in [1.82, 2.24) is 0 Å². The van der Waals surface area contributed by atoms with Crippen molar-refractivity contribution in [2.24, 2.45) is 0 Å². The van der Waals surface area contributed by atoms with Gasteiger partial charge in [0.05, 0.1) is 6.10 Å². The number of hydrogen-bond acceptors (Lipinski definition) is 2. The highest BCUT2D eigenvalue weighted by Crippen LogP contribution is 2.36. The van der Waals surface area contributed by atoms with Crippen LogP contribution in [0.15, 0.2) is 0 Å². The van der Waals surface area contributed by atoms with Crippen LogP contribution in [-0.4, -0.2) is 26.1 Å². The zero-order chi connectivity index (χ0) is 11.4. The first kappa shape index (κ1) is 14.1. The zero-order valence-corrected chi connectivity index (χ0v) is 11.6. The number of aliphatic hydroxyl groups is 1. The third kappa shape index (κ3) is 5.13. The van der Waals surface area contributed by atoms with Crippen molar-refractivity contribution in [3.8, 4) is 0 Å². The van der Waals surface area contributed by atoms with Crippen molar-refractivity contribution in [1.29, 1.82) is 0 Å². The van der Waals surface area contributed by atoms with Gasteiger partial charge in [0.2, 0.25) is 0 Å². The zero-order valence-electron chi connectivity index (χ0n) is 10.6. The second-order valence-electron chi connectivity index (χ2n) is 5.60. The minimum atomic E-state index is -1.56. The van der Waals surface area contributed by atoms with E-state index in [1.807, 2.05) is 6.92 Å². The fraction of sp³-hybridized carbons (Fsp3) is 1.00. The molecule has 0 aromatic heterocycles. The summed E-state index contributed by atoms with van der Waals surface area (Å²) in [6.07, 6.45) is 1.61. The predicted molar refractivity (Wildman–Crippen MR) is 64.1 cm³/mol. The monoisotopic (exact) mass is 218 g/mol. The Labute approximate surface area is 89.8 Å². The molecule has 0 aliphatic heterocycles. The molecule has 0 aromatic carbocycles. The van der Waals surface area contributed by atoms with E-state index in [4.69, 9.17) is 9.53 Å². The third-order valence-corrected chi connectivity index (χ3v) is 7.57. The lowest BCUT2D eigenvalue weighted by Crippen LogP contribution is -2.41. The van der Waals surface area contributed by atoms with Gasteiger partial charge in [-0.2, -0.15) is 0 Å². The van der Waals surface area contributed by atoms with Crippen molar-refractivity contribution in [2.45, 2.75) is 64.8 Å². The van der Waals surface area contributed by atoms with Gasteiger partial charge in [-0.1, -0.05) is 20.8 Å². The van der Waals surface area contributed by atoms with Gasteiger partial charge in [-0.05, 0) is 37.9 Å². The van der Waals surface area contributed by atoms with E-state index in [1.54, 1.807) is 0 Å². The van der Waals surface area contributed by atoms with E-state index >= 15 is 0 Å². The second-order valence-corrected chi connectivity index (χ2v) is 10.4. The summed E-state index contributed by atoms with van der Waals surface area (Å²) in [7, 11) is -1.56. The Hall–Kier alpha value is 0.137. The Balaban J connectivity index is 3.78. The molecule has 0 saturated carbocycles. The molecule has 0 amide bonds. The molecule has 0 saturated heterocycles. The molecule has 0 heterocycles. The molecule has 86 valence electrons. The Kier molecular flexibility index (Phi) is 5.34. The summed E-state index contributed by atoms with van der Waals surface area (Å²) in [5.41, 5.74) is 0. The SMILES string of the molecule is C[C@@H](O)CCCO[Si](C)(C)C(C)(C)C. The quantitative estimate of drug-likeness (QED) is 0.567. The Bertz CT molecular complexity index is 159. The normalized spacial score (nSPS) is 15.6. The van der Waals surface area contributed by atoms with E-state index in [2.05, 4.69) is 33.9 Å². The standard InChI is InChI=1S/C11H26O2Si/c1-10(12)8-7-9-13-14(5,6)11(2,3)4/h10,12H,7-9H2,1-6H3/t10-/m1/s1. The molecule has 1 N–H and O–H groups in total. The fourth-order valence-electron chi connectivity index (χ4n) is 0.923. The maximum atomic E-state index is 9.10. The second kappa shape index (κ2) is 5.28. The van der Waals surface area contributed by atoms with Gasteiger partial charge in [-0.15, -0.1) is 0 Å². The van der Waals surface area contributed by atoms with Gasteiger partial charge < -0.3 is 9.53 Å². The van der Waals surface area contributed by atoms with Gasteiger partial charge in [0.15, 0.2) is 8.32 Å². The molecule has 0 fully saturated rings. The Morgan fingerprint density at radius 2 is 1.79 bits per heavy atom. The van der Waals surface area contributed by atoms with Gasteiger partial charge in [0.1, 0.15) is 0 Å². The lowest BCUT2D eigenvalue weighted by molar-refractivity contribution is 0.168. The lowest BCUT2D eigenvalue weighted by atomic mass is 10.2. The van der Waals surface area contributed by atoms with Crippen molar-refractivity contribution in [3.05, 3.63) is 0 Å². The minimum absolute atomic E-state index is 0.196. The average Bonchev–Trinajstić information content (AvgIpc) is 1.95. The summed E-state index contributed by atoms with van der Waals surface area (Å²) in [5.74, 6) is 0. The largest absolute Gasteiger partial charge is 0.417 e. The minimum Gasteiger partial charge on any atom is -0.417 e. The highest BCUT2D eigenvalue weighted by atomic mass is 28.4. The van der Waals surface area contributed by atoms with Crippen LogP contribution in [0, 0.1) is 0 Å². The average molecular weight is 218 g/mol. The number of rotatable bonds is 5. The van der Waals surface area contributed by atoms with Gasteiger partial charge in [0.25, 0.3) is 0 Å². The van der Waals surface area contributed by atoms with E-state index in [1.165, 1.54) is 0 Å². The van der Waals surface area contributed by atoms with Crippen LogP contribution in [0.25, 0.3) is 0 Å². The highest BCUT2D eigenvalue weighted by Gasteiger charge is 2.36. The van der Waals surface area contributed by atoms with Crippen molar-refractivity contribution >= 4 is 8.32 Å². The molecule has 0 aliphatic carbocycles. The van der Waals surface area contributed by atoms with Gasteiger partial charge >= 0.3 is 0 Å². The maximum Gasteiger partial charge on any atom is 0.191 e. The molecule has 3 heteroatoms. The van der Waals surface area contributed by atoms with Crippen molar-refractivity contribution in [3.63, 3.8) is 0 Å². The molecule has 0 unspecified atom stereocenters. The molecular weight excluding hydrogens is 192 g/mol. The first-order chi connectivity index (χ1) is 6.17. The molecule has 0 radical (unpaired) electrons. The van der Waals surface area contributed by atoms with Crippen LogP contribution in [0.2, 0.25) is 18.1 Å². The number of hydrogen-bond donors (Lipinski definition) is 1. The Morgan fingerprint density at radius 3 is 2.14 bits per heavy atom. The van der Waals surface area contributed by atoms with E-state index in [9.17, 15) is 0 Å². The summed E-state index contributed by atoms with van der Waals surface area (Å²) >= 11 is 0. The summed E-state index contributed by atoms with van der Waals surface area (Å²) in [5, 5.41) is 9.39. The predicted octanol–water partition coefficient (Wildman–Crippen LogP) is 3.17. The molecule has 0 spiro atoms. The topological polar surface area (TPSA) is 29.5 Å². The summed E-state index contributed by atoms with van der Waals surface area (Å²) in [6, 6.07) is 0.